The standard InChI is InChI=1S/C16H17F2N3O2.HI/c1-22-14-9-5-3-7-12(14)21-16(19)20-10-11-6-2-4-8-13(11)23-15(17)18;/h2-9,15H,10H2,1H3,(H3,19,20,21);1H. The summed E-state index contributed by atoms with van der Waals surface area (Å²) in [6.07, 6.45) is 0. The topological polar surface area (TPSA) is 68.9 Å². The fourth-order valence-electron chi connectivity index (χ4n) is 1.94. The highest BCUT2D eigenvalue weighted by Crippen LogP contribution is 2.23. The van der Waals surface area contributed by atoms with Gasteiger partial charge in [-0.1, -0.05) is 30.3 Å². The molecule has 130 valence electrons. The molecule has 0 unspecified atom stereocenters. The number of para-hydroxylation sites is 3. The van der Waals surface area contributed by atoms with E-state index in [-0.39, 0.29) is 42.2 Å². The maximum absolute atomic E-state index is 12.4. The van der Waals surface area contributed by atoms with E-state index in [2.05, 4.69) is 15.0 Å². The molecule has 3 N–H and O–H groups in total. The van der Waals surface area contributed by atoms with Gasteiger partial charge < -0.3 is 20.5 Å². The van der Waals surface area contributed by atoms with Crippen LogP contribution < -0.4 is 20.5 Å². The van der Waals surface area contributed by atoms with E-state index < -0.39 is 6.61 Å². The zero-order valence-electron chi connectivity index (χ0n) is 12.9. The van der Waals surface area contributed by atoms with E-state index in [1.165, 1.54) is 6.07 Å². The third-order valence-corrected chi connectivity index (χ3v) is 2.98. The van der Waals surface area contributed by atoms with Crippen molar-refractivity contribution in [2.45, 2.75) is 13.2 Å². The van der Waals surface area contributed by atoms with Gasteiger partial charge in [0, 0.05) is 5.56 Å². The van der Waals surface area contributed by atoms with Crippen molar-refractivity contribution in [2.75, 3.05) is 12.4 Å². The lowest BCUT2D eigenvalue weighted by atomic mass is 10.2. The molecule has 2 rings (SSSR count). The van der Waals surface area contributed by atoms with Crippen LogP contribution in [0.2, 0.25) is 0 Å². The van der Waals surface area contributed by atoms with Crippen molar-refractivity contribution in [1.29, 1.82) is 0 Å². The van der Waals surface area contributed by atoms with Crippen LogP contribution in [-0.2, 0) is 6.54 Å². The van der Waals surface area contributed by atoms with Crippen molar-refractivity contribution >= 4 is 35.6 Å². The summed E-state index contributed by atoms with van der Waals surface area (Å²) in [4.78, 5) is 4.14. The van der Waals surface area contributed by atoms with E-state index in [1.54, 1.807) is 37.4 Å². The molecule has 2 aromatic rings. The smallest absolute Gasteiger partial charge is 0.387 e. The highest BCUT2D eigenvalue weighted by atomic mass is 127. The highest BCUT2D eigenvalue weighted by Gasteiger charge is 2.09. The lowest BCUT2D eigenvalue weighted by Crippen LogP contribution is -2.23. The molecule has 0 radical (unpaired) electrons. The predicted octanol–water partition coefficient (Wildman–Crippen LogP) is 3.84. The van der Waals surface area contributed by atoms with Crippen LogP contribution in [-0.4, -0.2) is 19.7 Å². The first-order chi connectivity index (χ1) is 11.1. The third kappa shape index (κ3) is 5.84. The number of halogens is 3. The molecule has 0 heterocycles. The number of anilines is 1. The summed E-state index contributed by atoms with van der Waals surface area (Å²) >= 11 is 0. The van der Waals surface area contributed by atoms with E-state index in [9.17, 15) is 8.78 Å². The summed E-state index contributed by atoms with van der Waals surface area (Å²) in [5, 5.41) is 2.91. The van der Waals surface area contributed by atoms with Crippen LogP contribution in [0.15, 0.2) is 53.5 Å². The number of nitrogens with two attached hydrogens (primary N) is 1. The van der Waals surface area contributed by atoms with E-state index in [4.69, 9.17) is 10.5 Å². The van der Waals surface area contributed by atoms with Gasteiger partial charge in [-0.15, -0.1) is 24.0 Å². The van der Waals surface area contributed by atoms with Crippen molar-refractivity contribution < 1.29 is 18.3 Å². The monoisotopic (exact) mass is 449 g/mol. The van der Waals surface area contributed by atoms with Crippen LogP contribution >= 0.6 is 24.0 Å². The molecular weight excluding hydrogens is 431 g/mol. The fourth-order valence-corrected chi connectivity index (χ4v) is 1.94. The first-order valence-corrected chi connectivity index (χ1v) is 6.83. The summed E-state index contributed by atoms with van der Waals surface area (Å²) in [5.74, 6) is 0.838. The highest BCUT2D eigenvalue weighted by molar-refractivity contribution is 14.0. The number of methoxy groups -OCH3 is 1. The second-order valence-corrected chi connectivity index (χ2v) is 4.51. The molecule has 5 nitrogen and oxygen atoms in total. The van der Waals surface area contributed by atoms with Gasteiger partial charge in [-0.2, -0.15) is 8.78 Å². The number of rotatable bonds is 6. The van der Waals surface area contributed by atoms with E-state index in [1.807, 2.05) is 12.1 Å². The molecule has 24 heavy (non-hydrogen) atoms. The molecule has 0 aliphatic carbocycles. The second kappa shape index (κ2) is 9.91. The Balaban J connectivity index is 0.00000288. The Labute approximate surface area is 155 Å². The predicted molar refractivity (Wildman–Crippen MR) is 100 cm³/mol. The maximum Gasteiger partial charge on any atom is 0.387 e. The number of benzene rings is 2. The Morgan fingerprint density at radius 3 is 2.42 bits per heavy atom. The summed E-state index contributed by atoms with van der Waals surface area (Å²) in [5.41, 5.74) is 7.00. The molecule has 0 aliphatic heterocycles. The normalized spacial score (nSPS) is 10.9. The number of alkyl halides is 2. The zero-order chi connectivity index (χ0) is 16.7. The molecule has 0 aromatic heterocycles. The van der Waals surface area contributed by atoms with Crippen LogP contribution in [0.1, 0.15) is 5.56 Å². The SMILES string of the molecule is COc1ccccc1NC(N)=NCc1ccccc1OC(F)F.I. The molecule has 8 heteroatoms. The van der Waals surface area contributed by atoms with Gasteiger partial charge in [0.2, 0.25) is 0 Å². The van der Waals surface area contributed by atoms with Crippen molar-refractivity contribution in [3.05, 3.63) is 54.1 Å². The minimum atomic E-state index is -2.89. The first-order valence-electron chi connectivity index (χ1n) is 6.83. The van der Waals surface area contributed by atoms with Gasteiger partial charge in [0.15, 0.2) is 5.96 Å². The average molecular weight is 449 g/mol. The summed E-state index contributed by atoms with van der Waals surface area (Å²) in [6, 6.07) is 13.7. The van der Waals surface area contributed by atoms with Crippen LogP contribution in [0.4, 0.5) is 14.5 Å². The molecule has 0 spiro atoms. The number of hydrogen-bond acceptors (Lipinski definition) is 3. The number of nitrogens with one attached hydrogen (secondary N) is 1. The Morgan fingerprint density at radius 2 is 1.75 bits per heavy atom. The number of ether oxygens (including phenoxy) is 2. The fraction of sp³-hybridized carbons (Fsp3) is 0.188. The molecule has 2 aromatic carbocycles. The van der Waals surface area contributed by atoms with Gasteiger partial charge in [-0.3, -0.25) is 0 Å². The average Bonchev–Trinajstić information content (AvgIpc) is 2.54. The van der Waals surface area contributed by atoms with Crippen molar-refractivity contribution in [2.24, 2.45) is 10.7 Å². The quantitative estimate of drug-likeness (QED) is 0.400. The summed E-state index contributed by atoms with van der Waals surface area (Å²) in [6.45, 7) is -2.78. The zero-order valence-corrected chi connectivity index (χ0v) is 15.2. The van der Waals surface area contributed by atoms with Crippen LogP contribution in [0.5, 0.6) is 11.5 Å². The molecule has 0 atom stereocenters. The minimum Gasteiger partial charge on any atom is -0.495 e. The second-order valence-electron chi connectivity index (χ2n) is 4.51. The van der Waals surface area contributed by atoms with Crippen molar-refractivity contribution in [1.82, 2.24) is 0 Å². The summed E-state index contributed by atoms with van der Waals surface area (Å²) < 4.78 is 34.4. The largest absolute Gasteiger partial charge is 0.495 e. The van der Waals surface area contributed by atoms with Gasteiger partial charge in [0.25, 0.3) is 0 Å². The molecule has 0 saturated heterocycles. The lowest BCUT2D eigenvalue weighted by Gasteiger charge is -2.11. The van der Waals surface area contributed by atoms with E-state index in [0.29, 0.717) is 17.0 Å². The Hall–Kier alpha value is -2.10. The lowest BCUT2D eigenvalue weighted by molar-refractivity contribution is -0.0504. The third-order valence-electron chi connectivity index (χ3n) is 2.98. The van der Waals surface area contributed by atoms with Gasteiger partial charge >= 0.3 is 6.61 Å². The molecule has 0 bridgehead atoms. The van der Waals surface area contributed by atoms with E-state index in [0.717, 1.165) is 0 Å². The van der Waals surface area contributed by atoms with Crippen molar-refractivity contribution in [3.8, 4) is 11.5 Å². The number of aliphatic imine (C=N–C) groups is 1. The van der Waals surface area contributed by atoms with Crippen molar-refractivity contribution in [3.63, 3.8) is 0 Å². The van der Waals surface area contributed by atoms with E-state index >= 15 is 0 Å². The van der Waals surface area contributed by atoms with Crippen LogP contribution in [0, 0.1) is 0 Å². The Morgan fingerprint density at radius 1 is 1.12 bits per heavy atom. The van der Waals surface area contributed by atoms with Crippen LogP contribution in [0.25, 0.3) is 0 Å². The Kier molecular flexibility index (Phi) is 8.24. The summed E-state index contributed by atoms with van der Waals surface area (Å²) in [7, 11) is 1.55. The van der Waals surface area contributed by atoms with Crippen LogP contribution in [0.3, 0.4) is 0 Å². The maximum atomic E-state index is 12.4. The molecule has 0 amide bonds. The van der Waals surface area contributed by atoms with Gasteiger partial charge in [0.1, 0.15) is 11.5 Å². The first kappa shape index (κ1) is 19.9. The number of nitrogens with zero attached hydrogens (tertiary/aromatic N) is 1. The van der Waals surface area contributed by atoms with Gasteiger partial charge in [0.05, 0.1) is 19.3 Å². The van der Waals surface area contributed by atoms with Gasteiger partial charge in [-0.05, 0) is 18.2 Å². The number of guanidine groups is 1. The number of hydrogen-bond donors (Lipinski definition) is 2. The molecular formula is C16H18F2IN3O2. The molecule has 0 fully saturated rings. The minimum absolute atomic E-state index is 0. The Bertz CT molecular complexity index is 684. The molecule has 0 saturated carbocycles. The molecule has 0 aliphatic rings. The van der Waals surface area contributed by atoms with Gasteiger partial charge in [-0.25, -0.2) is 4.99 Å².